The molecule has 0 aliphatic heterocycles. The molecule has 0 atom stereocenters. The lowest BCUT2D eigenvalue weighted by Gasteiger charge is -2.07. The van der Waals surface area contributed by atoms with Crippen LogP contribution in [0.15, 0.2) is 35.2 Å². The molecule has 2 aromatic heterocycles. The van der Waals surface area contributed by atoms with Crippen molar-refractivity contribution < 1.29 is 18.0 Å². The normalized spacial score (nSPS) is 11.5. The van der Waals surface area contributed by atoms with E-state index in [9.17, 15) is 18.0 Å². The van der Waals surface area contributed by atoms with E-state index in [2.05, 4.69) is 4.98 Å². The summed E-state index contributed by atoms with van der Waals surface area (Å²) in [7, 11) is 0. The minimum absolute atomic E-state index is 0.124. The van der Waals surface area contributed by atoms with Crippen LogP contribution in [0.2, 0.25) is 0 Å². The summed E-state index contributed by atoms with van der Waals surface area (Å²) >= 11 is 0.871. The molecule has 0 fully saturated rings. The number of Topliss-reactive ketones (excluding diaryl/α,β-unsaturated/α-hetero) is 1. The monoisotopic (exact) mass is 271 g/mol. The highest BCUT2D eigenvalue weighted by atomic mass is 32.1. The van der Waals surface area contributed by atoms with Gasteiger partial charge in [-0.2, -0.15) is 24.5 Å². The Morgan fingerprint density at radius 3 is 2.67 bits per heavy atom. The molecule has 0 saturated carbocycles. The average Bonchev–Trinajstić information content (AvgIpc) is 2.79. The molecule has 0 radical (unpaired) electrons. The first-order valence-electron chi connectivity index (χ1n) is 5.05. The van der Waals surface area contributed by atoms with Gasteiger partial charge in [0.05, 0.1) is 12.0 Å². The van der Waals surface area contributed by atoms with Gasteiger partial charge >= 0.3 is 6.18 Å². The predicted octanol–water partition coefficient (Wildman–Crippen LogP) is 3.59. The van der Waals surface area contributed by atoms with Crippen LogP contribution in [0, 0.1) is 0 Å². The van der Waals surface area contributed by atoms with Crippen LogP contribution in [0.1, 0.15) is 21.6 Å². The van der Waals surface area contributed by atoms with E-state index in [1.807, 2.05) is 0 Å². The van der Waals surface area contributed by atoms with Crippen molar-refractivity contribution in [1.29, 1.82) is 0 Å². The predicted molar refractivity (Wildman–Crippen MR) is 61.6 cm³/mol. The summed E-state index contributed by atoms with van der Waals surface area (Å²) in [5.41, 5.74) is -0.687. The number of hydrogen-bond acceptors (Lipinski definition) is 3. The lowest BCUT2D eigenvalue weighted by Crippen LogP contribution is -2.12. The Hall–Kier alpha value is -1.69. The van der Waals surface area contributed by atoms with Crippen LogP contribution in [-0.4, -0.2) is 10.8 Å². The van der Waals surface area contributed by atoms with Crippen LogP contribution in [0.25, 0.3) is 0 Å². The number of carbonyl (C=O) groups excluding carboxylic acids is 1. The van der Waals surface area contributed by atoms with Crippen LogP contribution in [0.3, 0.4) is 0 Å². The van der Waals surface area contributed by atoms with Gasteiger partial charge in [0, 0.05) is 28.2 Å². The zero-order valence-corrected chi connectivity index (χ0v) is 9.89. The second kappa shape index (κ2) is 4.89. The Balaban J connectivity index is 2.23. The molecular weight excluding hydrogens is 263 g/mol. The van der Waals surface area contributed by atoms with Gasteiger partial charge in [-0.15, -0.1) is 0 Å². The van der Waals surface area contributed by atoms with E-state index >= 15 is 0 Å². The summed E-state index contributed by atoms with van der Waals surface area (Å²) in [6.07, 6.45) is -3.11. The second-order valence-electron chi connectivity index (χ2n) is 3.62. The first-order chi connectivity index (χ1) is 8.48. The maximum Gasteiger partial charge on any atom is 0.417 e. The number of aromatic nitrogens is 1. The highest BCUT2D eigenvalue weighted by Crippen LogP contribution is 2.34. The van der Waals surface area contributed by atoms with Crippen LogP contribution in [0.5, 0.6) is 0 Å². The fourth-order valence-electron chi connectivity index (χ4n) is 1.49. The van der Waals surface area contributed by atoms with Crippen LogP contribution in [0.4, 0.5) is 13.2 Å². The van der Waals surface area contributed by atoms with E-state index < -0.39 is 17.5 Å². The first-order valence-corrected chi connectivity index (χ1v) is 5.99. The lowest BCUT2D eigenvalue weighted by atomic mass is 10.1. The molecule has 94 valence electrons. The summed E-state index contributed by atoms with van der Waals surface area (Å²) in [4.78, 5) is 15.7. The lowest BCUT2D eigenvalue weighted by molar-refractivity contribution is -0.137. The molecule has 0 aromatic carbocycles. The molecule has 0 aliphatic carbocycles. The van der Waals surface area contributed by atoms with Gasteiger partial charge in [0.1, 0.15) is 0 Å². The molecule has 0 amide bonds. The fourth-order valence-corrected chi connectivity index (χ4v) is 2.35. The molecule has 0 aliphatic rings. The zero-order valence-electron chi connectivity index (χ0n) is 9.07. The van der Waals surface area contributed by atoms with Crippen molar-refractivity contribution in [3.63, 3.8) is 0 Å². The molecule has 18 heavy (non-hydrogen) atoms. The summed E-state index contributed by atoms with van der Waals surface area (Å²) in [6, 6.07) is 4.98. The summed E-state index contributed by atoms with van der Waals surface area (Å²) < 4.78 is 37.9. The number of alkyl halides is 3. The number of halogens is 3. The molecule has 0 spiro atoms. The van der Waals surface area contributed by atoms with Crippen molar-refractivity contribution >= 4 is 17.1 Å². The standard InChI is InChI=1S/C12H8F3NOS/c13-12(14,15)10-7-18-6-9(10)11(17)5-8-3-1-2-4-16-8/h1-4,6-7H,5H2. The minimum atomic E-state index is -4.49. The van der Waals surface area contributed by atoms with Crippen molar-refractivity contribution in [2.75, 3.05) is 0 Å². The minimum Gasteiger partial charge on any atom is -0.294 e. The quantitative estimate of drug-likeness (QED) is 0.798. The average molecular weight is 271 g/mol. The number of ketones is 1. The number of nitrogens with zero attached hydrogens (tertiary/aromatic N) is 1. The van der Waals surface area contributed by atoms with Gasteiger partial charge in [0.25, 0.3) is 0 Å². The molecule has 2 nitrogen and oxygen atoms in total. The molecular formula is C12H8F3NOS. The SMILES string of the molecule is O=C(Cc1ccccn1)c1cscc1C(F)(F)F. The van der Waals surface area contributed by atoms with Crippen LogP contribution < -0.4 is 0 Å². The Morgan fingerprint density at radius 2 is 2.06 bits per heavy atom. The van der Waals surface area contributed by atoms with E-state index in [1.165, 1.54) is 11.6 Å². The largest absolute Gasteiger partial charge is 0.417 e. The summed E-state index contributed by atoms with van der Waals surface area (Å²) in [6.45, 7) is 0. The first kappa shape index (κ1) is 12.8. The second-order valence-corrected chi connectivity index (χ2v) is 4.36. The number of hydrogen-bond donors (Lipinski definition) is 0. The molecule has 0 saturated heterocycles. The highest BCUT2D eigenvalue weighted by Gasteiger charge is 2.35. The Labute approximate surface area is 105 Å². The van der Waals surface area contributed by atoms with Crippen molar-refractivity contribution in [2.45, 2.75) is 12.6 Å². The van der Waals surface area contributed by atoms with Gasteiger partial charge in [0.15, 0.2) is 5.78 Å². The van der Waals surface area contributed by atoms with Gasteiger partial charge in [-0.1, -0.05) is 6.07 Å². The fraction of sp³-hybridized carbons (Fsp3) is 0.167. The summed E-state index contributed by atoms with van der Waals surface area (Å²) in [5.74, 6) is -0.567. The van der Waals surface area contributed by atoms with Crippen molar-refractivity contribution in [3.8, 4) is 0 Å². The highest BCUT2D eigenvalue weighted by molar-refractivity contribution is 7.08. The molecule has 6 heteroatoms. The molecule has 0 N–H and O–H groups in total. The number of carbonyl (C=O) groups is 1. The molecule has 0 unspecified atom stereocenters. The maximum atomic E-state index is 12.6. The van der Waals surface area contributed by atoms with E-state index in [-0.39, 0.29) is 12.0 Å². The van der Waals surface area contributed by atoms with Crippen molar-refractivity contribution in [3.05, 3.63) is 52.0 Å². The third kappa shape index (κ3) is 2.76. The van der Waals surface area contributed by atoms with E-state index in [1.54, 1.807) is 18.2 Å². The van der Waals surface area contributed by atoms with Crippen LogP contribution >= 0.6 is 11.3 Å². The number of pyridine rings is 1. The Bertz CT molecular complexity index is 548. The van der Waals surface area contributed by atoms with Gasteiger partial charge in [0.2, 0.25) is 0 Å². The van der Waals surface area contributed by atoms with Gasteiger partial charge in [-0.05, 0) is 12.1 Å². The van der Waals surface area contributed by atoms with E-state index in [4.69, 9.17) is 0 Å². The molecule has 2 aromatic rings. The molecule has 2 rings (SSSR count). The third-order valence-electron chi connectivity index (χ3n) is 2.34. The van der Waals surface area contributed by atoms with Gasteiger partial charge < -0.3 is 0 Å². The van der Waals surface area contributed by atoms with Crippen molar-refractivity contribution in [1.82, 2.24) is 4.98 Å². The zero-order chi connectivity index (χ0) is 13.2. The van der Waals surface area contributed by atoms with E-state index in [0.29, 0.717) is 5.69 Å². The van der Waals surface area contributed by atoms with Gasteiger partial charge in [-0.3, -0.25) is 9.78 Å². The third-order valence-corrected chi connectivity index (χ3v) is 3.08. The molecule has 0 bridgehead atoms. The number of thiophene rings is 1. The molecule has 2 heterocycles. The summed E-state index contributed by atoms with van der Waals surface area (Å²) in [5, 5.41) is 2.18. The van der Waals surface area contributed by atoms with Gasteiger partial charge in [-0.25, -0.2) is 0 Å². The smallest absolute Gasteiger partial charge is 0.294 e. The van der Waals surface area contributed by atoms with Crippen molar-refractivity contribution in [2.24, 2.45) is 0 Å². The Kier molecular flexibility index (Phi) is 3.47. The maximum absolute atomic E-state index is 12.6. The van der Waals surface area contributed by atoms with Crippen LogP contribution in [-0.2, 0) is 12.6 Å². The Morgan fingerprint density at radius 1 is 1.28 bits per heavy atom. The topological polar surface area (TPSA) is 30.0 Å². The van der Waals surface area contributed by atoms with E-state index in [0.717, 1.165) is 16.7 Å². The number of rotatable bonds is 3.